The van der Waals surface area contributed by atoms with Crippen molar-refractivity contribution in [3.63, 3.8) is 0 Å². The lowest BCUT2D eigenvalue weighted by Gasteiger charge is -2.34. The topological polar surface area (TPSA) is 108 Å². The number of methoxy groups -OCH3 is 1. The Hall–Kier alpha value is -3.36. The van der Waals surface area contributed by atoms with Crippen LogP contribution in [0.15, 0.2) is 24.4 Å². The molecule has 29 heavy (non-hydrogen) atoms. The molecular formula is C20H27N5O4. The van der Waals surface area contributed by atoms with Crippen molar-refractivity contribution in [3.8, 4) is 5.75 Å². The fraction of sp³-hybridized carbons (Fsp3) is 0.400. The zero-order valence-corrected chi connectivity index (χ0v) is 17.5. The first-order valence-electron chi connectivity index (χ1n) is 9.21. The smallest absolute Gasteiger partial charge is 0.335 e. The van der Waals surface area contributed by atoms with Gasteiger partial charge in [-0.25, -0.2) is 9.78 Å². The molecule has 1 amide bonds. The minimum absolute atomic E-state index is 0.114. The summed E-state index contributed by atoms with van der Waals surface area (Å²) in [5.74, 6) is 0.229. The molecule has 9 nitrogen and oxygen atoms in total. The van der Waals surface area contributed by atoms with Crippen molar-refractivity contribution in [3.05, 3.63) is 30.0 Å². The average Bonchev–Trinajstić information content (AvgIpc) is 2.67. The Kier molecular flexibility index (Phi) is 6.98. The summed E-state index contributed by atoms with van der Waals surface area (Å²) in [6, 6.07) is 4.77. The van der Waals surface area contributed by atoms with E-state index in [1.165, 1.54) is 24.1 Å². The van der Waals surface area contributed by atoms with Crippen LogP contribution in [0.25, 0.3) is 0 Å². The number of hydrogen-bond donors (Lipinski definition) is 2. The highest BCUT2D eigenvalue weighted by Gasteiger charge is 2.22. The number of hydrogen-bond acceptors (Lipinski definition) is 7. The van der Waals surface area contributed by atoms with Crippen molar-refractivity contribution in [2.75, 3.05) is 29.3 Å². The van der Waals surface area contributed by atoms with Gasteiger partial charge in [-0.3, -0.25) is 4.79 Å². The van der Waals surface area contributed by atoms with Gasteiger partial charge >= 0.3 is 5.97 Å². The Morgan fingerprint density at radius 1 is 1.24 bits per heavy atom. The van der Waals surface area contributed by atoms with Crippen molar-refractivity contribution in [2.45, 2.75) is 39.8 Å². The van der Waals surface area contributed by atoms with Crippen LogP contribution in [0.4, 0.5) is 23.1 Å². The van der Waals surface area contributed by atoms with Gasteiger partial charge in [-0.1, -0.05) is 0 Å². The predicted molar refractivity (Wildman–Crippen MR) is 112 cm³/mol. The molecule has 156 valence electrons. The van der Waals surface area contributed by atoms with Gasteiger partial charge in [-0.2, -0.15) is 4.98 Å². The molecule has 0 bridgehead atoms. The van der Waals surface area contributed by atoms with Gasteiger partial charge in [-0.15, -0.1) is 0 Å². The number of anilines is 4. The number of carboxylic acids is 1. The second-order valence-electron chi connectivity index (χ2n) is 7.06. The Morgan fingerprint density at radius 2 is 1.90 bits per heavy atom. The molecule has 0 aliphatic heterocycles. The van der Waals surface area contributed by atoms with E-state index in [4.69, 9.17) is 9.84 Å². The second-order valence-corrected chi connectivity index (χ2v) is 7.06. The number of aromatic carboxylic acids is 1. The van der Waals surface area contributed by atoms with Crippen molar-refractivity contribution in [1.82, 2.24) is 9.97 Å². The third kappa shape index (κ3) is 4.92. The van der Waals surface area contributed by atoms with Crippen molar-refractivity contribution in [1.29, 1.82) is 0 Å². The van der Waals surface area contributed by atoms with Crippen LogP contribution in [0.1, 0.15) is 38.1 Å². The van der Waals surface area contributed by atoms with Gasteiger partial charge in [0.05, 0.1) is 24.6 Å². The van der Waals surface area contributed by atoms with Gasteiger partial charge in [0, 0.05) is 19.1 Å². The van der Waals surface area contributed by atoms with Crippen LogP contribution in [-0.2, 0) is 4.79 Å². The zero-order valence-electron chi connectivity index (χ0n) is 17.5. The molecule has 0 aliphatic rings. The van der Waals surface area contributed by atoms with E-state index in [1.54, 1.807) is 19.3 Å². The number of aromatic nitrogens is 2. The lowest BCUT2D eigenvalue weighted by atomic mass is 10.2. The van der Waals surface area contributed by atoms with E-state index >= 15 is 0 Å². The molecule has 0 spiro atoms. The molecule has 0 unspecified atom stereocenters. The van der Waals surface area contributed by atoms with Crippen LogP contribution in [0, 0.1) is 0 Å². The monoisotopic (exact) mass is 401 g/mol. The molecule has 2 N–H and O–H groups in total. The molecule has 0 radical (unpaired) electrons. The predicted octanol–water partition coefficient (Wildman–Crippen LogP) is 3.14. The fourth-order valence-electron chi connectivity index (χ4n) is 3.06. The van der Waals surface area contributed by atoms with Crippen LogP contribution in [-0.4, -0.2) is 53.7 Å². The summed E-state index contributed by atoms with van der Waals surface area (Å²) in [6.07, 6.45) is 2.29. The van der Waals surface area contributed by atoms with Crippen molar-refractivity contribution >= 4 is 35.5 Å². The highest BCUT2D eigenvalue weighted by atomic mass is 16.5. The third-order valence-corrected chi connectivity index (χ3v) is 4.34. The van der Waals surface area contributed by atoms with Crippen LogP contribution in [0.5, 0.6) is 5.75 Å². The van der Waals surface area contributed by atoms with Crippen molar-refractivity contribution in [2.24, 2.45) is 0 Å². The maximum Gasteiger partial charge on any atom is 0.335 e. The number of rotatable bonds is 9. The van der Waals surface area contributed by atoms with E-state index in [0.717, 1.165) is 0 Å². The SMILES string of the molecule is COc1cc(C(=O)O)ccc1Nc1ncc(N(C)C=O)c(N(C(C)C)C(C)C)n1. The minimum Gasteiger partial charge on any atom is -0.495 e. The summed E-state index contributed by atoms with van der Waals surface area (Å²) in [7, 11) is 3.11. The Labute approximate surface area is 170 Å². The number of nitrogens with zero attached hydrogens (tertiary/aromatic N) is 4. The molecule has 0 aliphatic carbocycles. The number of carbonyl (C=O) groups is 2. The van der Waals surface area contributed by atoms with E-state index in [1.807, 2.05) is 27.7 Å². The first-order chi connectivity index (χ1) is 13.7. The van der Waals surface area contributed by atoms with Gasteiger partial charge in [0.15, 0.2) is 5.82 Å². The summed E-state index contributed by atoms with van der Waals surface area (Å²) >= 11 is 0. The summed E-state index contributed by atoms with van der Waals surface area (Å²) < 4.78 is 5.30. The van der Waals surface area contributed by atoms with E-state index < -0.39 is 5.97 Å². The maximum absolute atomic E-state index is 11.3. The standard InChI is InChI=1S/C20H27N5O4/c1-12(2)25(13(3)4)18-16(24(5)11-26)10-21-20(23-18)22-15-8-7-14(19(27)28)9-17(15)29-6/h7-13H,1-6H3,(H,27,28)(H,21,22,23). The fourth-order valence-corrected chi connectivity index (χ4v) is 3.06. The molecule has 0 saturated carbocycles. The largest absolute Gasteiger partial charge is 0.495 e. The maximum atomic E-state index is 11.3. The second kappa shape index (κ2) is 9.22. The number of nitrogens with one attached hydrogen (secondary N) is 1. The van der Waals surface area contributed by atoms with Gasteiger partial charge < -0.3 is 25.0 Å². The number of benzene rings is 1. The van der Waals surface area contributed by atoms with Crippen LogP contribution in [0.3, 0.4) is 0 Å². The summed E-state index contributed by atoms with van der Waals surface area (Å²) in [4.78, 5) is 35.0. The number of amides is 1. The molecule has 0 saturated heterocycles. The number of carbonyl (C=O) groups excluding carboxylic acids is 1. The minimum atomic E-state index is -1.04. The Bertz CT molecular complexity index is 877. The zero-order chi connectivity index (χ0) is 21.7. The lowest BCUT2D eigenvalue weighted by molar-refractivity contribution is -0.107. The molecule has 0 fully saturated rings. The number of ether oxygens (including phenoxy) is 1. The Balaban J connectivity index is 2.51. The van der Waals surface area contributed by atoms with Crippen LogP contribution >= 0.6 is 0 Å². The first kappa shape index (κ1) is 21.9. The van der Waals surface area contributed by atoms with E-state index in [9.17, 15) is 9.59 Å². The van der Waals surface area contributed by atoms with Gasteiger partial charge in [0.2, 0.25) is 12.4 Å². The summed E-state index contributed by atoms with van der Waals surface area (Å²) in [6.45, 7) is 8.20. The summed E-state index contributed by atoms with van der Waals surface area (Å²) in [5.41, 5.74) is 1.23. The highest BCUT2D eigenvalue weighted by molar-refractivity contribution is 5.89. The number of carboxylic acid groups (broad SMARTS) is 1. The van der Waals surface area contributed by atoms with Gasteiger partial charge in [-0.05, 0) is 45.9 Å². The van der Waals surface area contributed by atoms with Crippen LogP contribution < -0.4 is 19.9 Å². The average molecular weight is 401 g/mol. The van der Waals surface area contributed by atoms with E-state index in [-0.39, 0.29) is 17.6 Å². The first-order valence-corrected chi connectivity index (χ1v) is 9.21. The molecule has 1 aromatic carbocycles. The van der Waals surface area contributed by atoms with Crippen molar-refractivity contribution < 1.29 is 19.4 Å². The van der Waals surface area contributed by atoms with E-state index in [0.29, 0.717) is 35.3 Å². The molecule has 1 aromatic heterocycles. The van der Waals surface area contributed by atoms with Crippen LogP contribution in [0.2, 0.25) is 0 Å². The quantitative estimate of drug-likeness (QED) is 0.617. The molecular weight excluding hydrogens is 374 g/mol. The Morgan fingerprint density at radius 3 is 2.41 bits per heavy atom. The van der Waals surface area contributed by atoms with Gasteiger partial charge in [0.25, 0.3) is 0 Å². The normalized spacial score (nSPS) is 10.8. The lowest BCUT2D eigenvalue weighted by Crippen LogP contribution is -2.39. The summed E-state index contributed by atoms with van der Waals surface area (Å²) in [5, 5.41) is 12.2. The molecule has 2 rings (SSSR count). The third-order valence-electron chi connectivity index (χ3n) is 4.34. The molecule has 9 heteroatoms. The van der Waals surface area contributed by atoms with Gasteiger partial charge in [0.1, 0.15) is 11.4 Å². The molecule has 0 atom stereocenters. The molecule has 2 aromatic rings. The highest BCUT2D eigenvalue weighted by Crippen LogP contribution is 2.32. The molecule has 1 heterocycles. The van der Waals surface area contributed by atoms with E-state index in [2.05, 4.69) is 20.2 Å².